The standard InChI is InChI=1S/C23H32N4O4/c1-5-25(6-2)19(28)15-24-11-13-26(14-12-24)23(31)20(16(3)4)27-21(29)17-9-7-8-10-18(17)22(27)30/h7-10,16,20H,5-6,11-15H2,1-4H3. The van der Waals surface area contributed by atoms with Crippen LogP contribution < -0.4 is 0 Å². The van der Waals surface area contributed by atoms with Gasteiger partial charge in [-0.2, -0.15) is 0 Å². The monoisotopic (exact) mass is 428 g/mol. The van der Waals surface area contributed by atoms with Gasteiger partial charge in [0.1, 0.15) is 6.04 Å². The van der Waals surface area contributed by atoms with Gasteiger partial charge in [-0.3, -0.25) is 29.0 Å². The molecule has 1 atom stereocenters. The van der Waals surface area contributed by atoms with E-state index in [4.69, 9.17) is 0 Å². The van der Waals surface area contributed by atoms with Crippen molar-refractivity contribution in [1.29, 1.82) is 0 Å². The minimum Gasteiger partial charge on any atom is -0.342 e. The molecular weight excluding hydrogens is 396 g/mol. The Bertz CT molecular complexity index is 822. The Balaban J connectivity index is 1.67. The number of nitrogens with zero attached hydrogens (tertiary/aromatic N) is 4. The van der Waals surface area contributed by atoms with Crippen molar-refractivity contribution in [1.82, 2.24) is 19.6 Å². The van der Waals surface area contributed by atoms with E-state index in [-0.39, 0.29) is 17.7 Å². The average molecular weight is 429 g/mol. The summed E-state index contributed by atoms with van der Waals surface area (Å²) < 4.78 is 0. The van der Waals surface area contributed by atoms with Gasteiger partial charge in [0.05, 0.1) is 17.7 Å². The first-order valence-corrected chi connectivity index (χ1v) is 11.1. The minimum absolute atomic E-state index is 0.0934. The van der Waals surface area contributed by atoms with Gasteiger partial charge in [0, 0.05) is 39.3 Å². The van der Waals surface area contributed by atoms with Gasteiger partial charge in [0.25, 0.3) is 11.8 Å². The Morgan fingerprint density at radius 1 is 0.935 bits per heavy atom. The molecule has 1 aromatic carbocycles. The summed E-state index contributed by atoms with van der Waals surface area (Å²) in [5, 5.41) is 0. The number of likely N-dealkylation sites (N-methyl/N-ethyl adjacent to an activating group) is 1. The normalized spacial score (nSPS) is 17.8. The number of hydrogen-bond donors (Lipinski definition) is 0. The largest absolute Gasteiger partial charge is 0.342 e. The van der Waals surface area contributed by atoms with E-state index in [1.165, 1.54) is 0 Å². The fourth-order valence-electron chi connectivity index (χ4n) is 4.34. The van der Waals surface area contributed by atoms with Gasteiger partial charge in [-0.05, 0) is 31.9 Å². The van der Waals surface area contributed by atoms with Crippen LogP contribution in [0.4, 0.5) is 0 Å². The molecule has 2 aliphatic rings. The summed E-state index contributed by atoms with van der Waals surface area (Å²) in [5.41, 5.74) is 0.705. The Morgan fingerprint density at radius 2 is 1.45 bits per heavy atom. The fourth-order valence-corrected chi connectivity index (χ4v) is 4.34. The van der Waals surface area contributed by atoms with Crippen LogP contribution in [0.2, 0.25) is 0 Å². The summed E-state index contributed by atoms with van der Waals surface area (Å²) in [6.07, 6.45) is 0. The van der Waals surface area contributed by atoms with Gasteiger partial charge in [0.15, 0.2) is 0 Å². The lowest BCUT2D eigenvalue weighted by atomic mass is 10.0. The average Bonchev–Trinajstić information content (AvgIpc) is 3.00. The zero-order valence-electron chi connectivity index (χ0n) is 18.8. The van der Waals surface area contributed by atoms with Crippen LogP contribution in [0.5, 0.6) is 0 Å². The highest BCUT2D eigenvalue weighted by molar-refractivity contribution is 6.22. The summed E-state index contributed by atoms with van der Waals surface area (Å²) in [6.45, 7) is 11.5. The third-order valence-corrected chi connectivity index (χ3v) is 6.15. The van der Waals surface area contributed by atoms with E-state index in [2.05, 4.69) is 4.90 Å². The maximum Gasteiger partial charge on any atom is 0.262 e. The predicted molar refractivity (Wildman–Crippen MR) is 117 cm³/mol. The summed E-state index contributed by atoms with van der Waals surface area (Å²) >= 11 is 0. The Morgan fingerprint density at radius 3 is 1.90 bits per heavy atom. The zero-order chi connectivity index (χ0) is 22.7. The van der Waals surface area contributed by atoms with E-state index in [9.17, 15) is 19.2 Å². The Hall–Kier alpha value is -2.74. The van der Waals surface area contributed by atoms with Crippen LogP contribution in [-0.2, 0) is 9.59 Å². The van der Waals surface area contributed by atoms with E-state index < -0.39 is 17.9 Å². The number of hydrogen-bond acceptors (Lipinski definition) is 5. The second kappa shape index (κ2) is 9.60. The second-order valence-corrected chi connectivity index (χ2v) is 8.38. The van der Waals surface area contributed by atoms with E-state index in [1.807, 2.05) is 27.7 Å². The van der Waals surface area contributed by atoms with Gasteiger partial charge >= 0.3 is 0 Å². The lowest BCUT2D eigenvalue weighted by Crippen LogP contribution is -2.58. The molecule has 0 bridgehead atoms. The molecule has 4 amide bonds. The Kier molecular flexibility index (Phi) is 7.10. The first kappa shape index (κ1) is 22.9. The van der Waals surface area contributed by atoms with Crippen molar-refractivity contribution in [3.63, 3.8) is 0 Å². The number of rotatable bonds is 7. The molecule has 0 N–H and O–H groups in total. The molecule has 31 heavy (non-hydrogen) atoms. The summed E-state index contributed by atoms with van der Waals surface area (Å²) in [7, 11) is 0. The first-order valence-electron chi connectivity index (χ1n) is 11.1. The highest BCUT2D eigenvalue weighted by Crippen LogP contribution is 2.28. The maximum absolute atomic E-state index is 13.4. The van der Waals surface area contributed by atoms with E-state index in [0.29, 0.717) is 56.9 Å². The van der Waals surface area contributed by atoms with Crippen molar-refractivity contribution < 1.29 is 19.2 Å². The maximum atomic E-state index is 13.4. The molecule has 0 aromatic heterocycles. The topological polar surface area (TPSA) is 81.2 Å². The molecule has 1 unspecified atom stereocenters. The SMILES string of the molecule is CCN(CC)C(=O)CN1CCN(C(=O)C(C(C)C)N2C(=O)c3ccccc3C2=O)CC1. The smallest absolute Gasteiger partial charge is 0.262 e. The van der Waals surface area contributed by atoms with Crippen molar-refractivity contribution in [2.45, 2.75) is 33.7 Å². The van der Waals surface area contributed by atoms with E-state index in [1.54, 1.807) is 34.1 Å². The molecule has 168 valence electrons. The summed E-state index contributed by atoms with van der Waals surface area (Å²) in [5.74, 6) is -1.14. The molecule has 1 fully saturated rings. The van der Waals surface area contributed by atoms with Crippen LogP contribution in [-0.4, -0.2) is 95.1 Å². The quantitative estimate of drug-likeness (QED) is 0.612. The lowest BCUT2D eigenvalue weighted by Gasteiger charge is -2.39. The van der Waals surface area contributed by atoms with E-state index >= 15 is 0 Å². The van der Waals surface area contributed by atoms with E-state index in [0.717, 1.165) is 4.90 Å². The number of piperazine rings is 1. The van der Waals surface area contributed by atoms with Crippen molar-refractivity contribution in [3.8, 4) is 0 Å². The van der Waals surface area contributed by atoms with Crippen molar-refractivity contribution in [2.75, 3.05) is 45.8 Å². The fraction of sp³-hybridized carbons (Fsp3) is 0.565. The van der Waals surface area contributed by atoms with Crippen molar-refractivity contribution in [2.24, 2.45) is 5.92 Å². The van der Waals surface area contributed by atoms with Crippen molar-refractivity contribution in [3.05, 3.63) is 35.4 Å². The van der Waals surface area contributed by atoms with Crippen LogP contribution >= 0.6 is 0 Å². The molecule has 1 saturated heterocycles. The second-order valence-electron chi connectivity index (χ2n) is 8.38. The Labute approximate surface area is 183 Å². The molecule has 2 heterocycles. The molecule has 0 saturated carbocycles. The number of imide groups is 1. The molecule has 8 heteroatoms. The summed E-state index contributed by atoms with van der Waals surface area (Å²) in [6, 6.07) is 5.86. The third-order valence-electron chi connectivity index (χ3n) is 6.15. The van der Waals surface area contributed by atoms with Gasteiger partial charge in [-0.25, -0.2) is 0 Å². The number of carbonyl (C=O) groups is 4. The highest BCUT2D eigenvalue weighted by atomic mass is 16.2. The minimum atomic E-state index is -0.837. The number of amides is 4. The molecule has 1 aromatic rings. The number of fused-ring (bicyclic) bond motifs is 1. The first-order chi connectivity index (χ1) is 14.8. The molecule has 8 nitrogen and oxygen atoms in total. The van der Waals surface area contributed by atoms with Gasteiger partial charge in [-0.1, -0.05) is 26.0 Å². The van der Waals surface area contributed by atoms with Crippen LogP contribution in [0.1, 0.15) is 48.4 Å². The lowest BCUT2D eigenvalue weighted by molar-refractivity contribution is -0.139. The molecular formula is C23H32N4O4. The van der Waals surface area contributed by atoms with Crippen LogP contribution in [0.15, 0.2) is 24.3 Å². The van der Waals surface area contributed by atoms with Gasteiger partial charge in [-0.15, -0.1) is 0 Å². The zero-order valence-corrected chi connectivity index (χ0v) is 18.8. The van der Waals surface area contributed by atoms with Crippen LogP contribution in [0.3, 0.4) is 0 Å². The van der Waals surface area contributed by atoms with Crippen molar-refractivity contribution >= 4 is 23.6 Å². The van der Waals surface area contributed by atoms with Gasteiger partial charge < -0.3 is 9.80 Å². The molecule has 2 aliphatic heterocycles. The van der Waals surface area contributed by atoms with Gasteiger partial charge in [0.2, 0.25) is 11.8 Å². The van der Waals surface area contributed by atoms with Crippen LogP contribution in [0, 0.1) is 5.92 Å². The third kappa shape index (κ3) is 4.49. The highest BCUT2D eigenvalue weighted by Gasteiger charge is 2.45. The molecule has 0 radical (unpaired) electrons. The number of benzene rings is 1. The molecule has 3 rings (SSSR count). The molecule has 0 spiro atoms. The number of carbonyl (C=O) groups excluding carboxylic acids is 4. The predicted octanol–water partition coefficient (Wildman–Crippen LogP) is 1.32. The molecule has 0 aliphatic carbocycles. The summed E-state index contributed by atoms with van der Waals surface area (Å²) in [4.78, 5) is 58.3. The van der Waals surface area contributed by atoms with Crippen LogP contribution in [0.25, 0.3) is 0 Å².